The van der Waals surface area contributed by atoms with Crippen molar-refractivity contribution in [1.29, 1.82) is 0 Å². The predicted molar refractivity (Wildman–Crippen MR) is 112 cm³/mol. The van der Waals surface area contributed by atoms with Crippen molar-refractivity contribution in [3.05, 3.63) is 18.5 Å². The second kappa shape index (κ2) is 7.15. The molecule has 0 aromatic carbocycles. The lowest BCUT2D eigenvalue weighted by molar-refractivity contribution is -0.0538. The number of thioether (sulfide) groups is 1. The molecule has 154 valence electrons. The van der Waals surface area contributed by atoms with Gasteiger partial charge in [-0.1, -0.05) is 17.8 Å². The van der Waals surface area contributed by atoms with Crippen LogP contribution in [0.3, 0.4) is 0 Å². The van der Waals surface area contributed by atoms with Crippen molar-refractivity contribution in [3.8, 4) is 0 Å². The Bertz CT molecular complexity index is 826. The van der Waals surface area contributed by atoms with E-state index in [1.165, 1.54) is 44.9 Å². The van der Waals surface area contributed by atoms with Gasteiger partial charge in [0.2, 0.25) is 0 Å². The topological polar surface area (TPSA) is 64.8 Å². The van der Waals surface area contributed by atoms with E-state index in [0.29, 0.717) is 18.4 Å². The van der Waals surface area contributed by atoms with Crippen LogP contribution in [0.2, 0.25) is 0 Å². The summed E-state index contributed by atoms with van der Waals surface area (Å²) in [6, 6.07) is 0. The van der Waals surface area contributed by atoms with Gasteiger partial charge in [-0.15, -0.1) is 16.8 Å². The summed E-state index contributed by atoms with van der Waals surface area (Å²) in [5.74, 6) is 5.37. The smallest absolute Gasteiger partial charge is 0.191 e. The van der Waals surface area contributed by atoms with Gasteiger partial charge < -0.3 is 4.57 Å². The van der Waals surface area contributed by atoms with Crippen LogP contribution in [-0.4, -0.2) is 40.4 Å². The first kappa shape index (κ1) is 19.2. The molecule has 28 heavy (non-hydrogen) atoms. The van der Waals surface area contributed by atoms with E-state index in [-0.39, 0.29) is 17.4 Å². The van der Waals surface area contributed by atoms with Gasteiger partial charge in [0, 0.05) is 18.2 Å². The minimum absolute atomic E-state index is 0.0186. The monoisotopic (exact) mass is 421 g/mol. The van der Waals surface area contributed by atoms with Crippen LogP contribution >= 0.6 is 11.8 Å². The number of hydrogen-bond acceptors (Lipinski definition) is 5. The van der Waals surface area contributed by atoms with Crippen LogP contribution in [0.5, 0.6) is 0 Å². The average molecular weight is 422 g/mol. The second-order valence-corrected chi connectivity index (χ2v) is 13.1. The molecule has 5 aliphatic rings. The minimum Gasteiger partial charge on any atom is -0.302 e. The van der Waals surface area contributed by atoms with Crippen LogP contribution in [-0.2, 0) is 16.4 Å². The molecule has 1 unspecified atom stereocenters. The molecule has 5 nitrogen and oxygen atoms in total. The Balaban J connectivity index is 1.26. The molecule has 4 bridgehead atoms. The zero-order chi connectivity index (χ0) is 19.4. The fraction of sp³-hybridized carbons (Fsp3) is 0.810. The number of sulfone groups is 1. The maximum Gasteiger partial charge on any atom is 0.191 e. The zero-order valence-corrected chi connectivity index (χ0v) is 18.2. The van der Waals surface area contributed by atoms with Crippen LogP contribution in [0.1, 0.15) is 63.1 Å². The summed E-state index contributed by atoms with van der Waals surface area (Å²) >= 11 is 1.81. The summed E-state index contributed by atoms with van der Waals surface area (Å²) in [4.78, 5) is 0. The lowest BCUT2D eigenvalue weighted by atomic mass is 9.49. The Morgan fingerprint density at radius 1 is 1.14 bits per heavy atom. The van der Waals surface area contributed by atoms with E-state index in [9.17, 15) is 8.42 Å². The Morgan fingerprint density at radius 3 is 2.39 bits per heavy atom. The first-order valence-electron chi connectivity index (χ1n) is 10.8. The van der Waals surface area contributed by atoms with Gasteiger partial charge in [-0.25, -0.2) is 8.42 Å². The molecular weight excluding hydrogens is 390 g/mol. The quantitative estimate of drug-likeness (QED) is 0.491. The van der Waals surface area contributed by atoms with Crippen LogP contribution in [0, 0.1) is 23.2 Å². The van der Waals surface area contributed by atoms with Gasteiger partial charge in [0.25, 0.3) is 0 Å². The Labute approximate surface area is 172 Å². The highest BCUT2D eigenvalue weighted by molar-refractivity contribution is 7.99. The summed E-state index contributed by atoms with van der Waals surface area (Å²) in [7, 11) is -2.92. The molecule has 0 amide bonds. The fourth-order valence-corrected chi connectivity index (χ4v) is 9.84. The maximum atomic E-state index is 11.9. The van der Waals surface area contributed by atoms with Crippen LogP contribution in [0.4, 0.5) is 0 Å². The van der Waals surface area contributed by atoms with Crippen molar-refractivity contribution in [2.24, 2.45) is 23.2 Å². The van der Waals surface area contributed by atoms with Gasteiger partial charge >= 0.3 is 0 Å². The minimum atomic E-state index is -2.92. The van der Waals surface area contributed by atoms with Crippen molar-refractivity contribution in [2.45, 2.75) is 69.0 Å². The predicted octanol–water partition coefficient (Wildman–Crippen LogP) is 4.06. The third-order valence-corrected chi connectivity index (χ3v) is 10.4. The number of hydrogen-bond donors (Lipinski definition) is 0. The summed E-state index contributed by atoms with van der Waals surface area (Å²) in [5, 5.41) is 9.79. The molecule has 4 aliphatic carbocycles. The molecule has 4 saturated carbocycles. The lowest BCUT2D eigenvalue weighted by Gasteiger charge is -2.57. The van der Waals surface area contributed by atoms with Crippen molar-refractivity contribution in [1.82, 2.24) is 14.8 Å². The zero-order valence-electron chi connectivity index (χ0n) is 16.6. The molecule has 1 atom stereocenters. The normalized spacial score (nSPS) is 38.1. The van der Waals surface area contributed by atoms with E-state index in [1.54, 1.807) is 0 Å². The van der Waals surface area contributed by atoms with Gasteiger partial charge in [-0.2, -0.15) is 0 Å². The van der Waals surface area contributed by atoms with Crippen LogP contribution < -0.4 is 0 Å². The largest absolute Gasteiger partial charge is 0.302 e. The van der Waals surface area contributed by atoms with Crippen molar-refractivity contribution in [3.63, 3.8) is 0 Å². The van der Waals surface area contributed by atoms with E-state index < -0.39 is 9.84 Å². The van der Waals surface area contributed by atoms with Crippen LogP contribution in [0.15, 0.2) is 17.8 Å². The molecule has 1 aromatic heterocycles. The van der Waals surface area contributed by atoms with E-state index in [4.69, 9.17) is 0 Å². The molecule has 0 N–H and O–H groups in total. The molecule has 0 spiro atoms. The SMILES string of the molecule is C=CCn1c(SCCC23CC4CC(CC(C4)C2)C3)nnc1C1CCS(=O)(=O)C1. The summed E-state index contributed by atoms with van der Waals surface area (Å²) in [5.41, 5.74) is 0.591. The maximum absolute atomic E-state index is 11.9. The lowest BCUT2D eigenvalue weighted by Crippen LogP contribution is -2.46. The molecular formula is C21H31N3O2S2. The Kier molecular flexibility index (Phi) is 4.89. The standard InChI is InChI=1S/C21H31N3O2S2/c1-2-5-24-19(18-3-7-28(25,26)14-18)22-23-20(24)27-6-4-21-11-15-8-16(12-21)10-17(9-15)13-21/h2,15-18H,1,3-14H2. The highest BCUT2D eigenvalue weighted by Crippen LogP contribution is 2.61. The number of nitrogens with zero attached hydrogens (tertiary/aromatic N) is 3. The van der Waals surface area contributed by atoms with Crippen LogP contribution in [0.25, 0.3) is 0 Å². The third kappa shape index (κ3) is 3.57. The number of rotatable bonds is 7. The van der Waals surface area contributed by atoms with E-state index in [2.05, 4.69) is 21.3 Å². The first-order chi connectivity index (χ1) is 13.5. The van der Waals surface area contributed by atoms with E-state index >= 15 is 0 Å². The van der Waals surface area contributed by atoms with Crippen molar-refractivity contribution < 1.29 is 8.42 Å². The summed E-state index contributed by atoms with van der Waals surface area (Å²) < 4.78 is 25.9. The molecule has 5 fully saturated rings. The first-order valence-corrected chi connectivity index (χ1v) is 13.6. The Morgan fingerprint density at radius 2 is 1.82 bits per heavy atom. The highest BCUT2D eigenvalue weighted by atomic mass is 32.2. The third-order valence-electron chi connectivity index (χ3n) is 7.68. The molecule has 1 aliphatic heterocycles. The van der Waals surface area contributed by atoms with Gasteiger partial charge in [0.15, 0.2) is 15.0 Å². The fourth-order valence-electron chi connectivity index (χ4n) is 6.96. The van der Waals surface area contributed by atoms with Gasteiger partial charge in [-0.3, -0.25) is 0 Å². The van der Waals surface area contributed by atoms with E-state index in [1.807, 2.05) is 17.8 Å². The molecule has 0 radical (unpaired) electrons. The molecule has 2 heterocycles. The second-order valence-electron chi connectivity index (χ2n) is 9.86. The average Bonchev–Trinajstić information content (AvgIpc) is 3.17. The van der Waals surface area contributed by atoms with Gasteiger partial charge in [0.05, 0.1) is 11.5 Å². The van der Waals surface area contributed by atoms with Crippen molar-refractivity contribution >= 4 is 21.6 Å². The Hall–Kier alpha value is -0.820. The molecule has 6 rings (SSSR count). The van der Waals surface area contributed by atoms with Crippen molar-refractivity contribution in [2.75, 3.05) is 17.3 Å². The van der Waals surface area contributed by atoms with Gasteiger partial charge in [-0.05, 0) is 74.5 Å². The number of aromatic nitrogens is 3. The summed E-state index contributed by atoms with van der Waals surface area (Å²) in [6.45, 7) is 4.53. The summed E-state index contributed by atoms with van der Waals surface area (Å²) in [6.07, 6.45) is 12.6. The molecule has 1 aromatic rings. The van der Waals surface area contributed by atoms with E-state index in [0.717, 1.165) is 34.5 Å². The molecule has 7 heteroatoms. The highest BCUT2D eigenvalue weighted by Gasteiger charge is 2.50. The number of allylic oxidation sites excluding steroid dienone is 1. The van der Waals surface area contributed by atoms with Gasteiger partial charge in [0.1, 0.15) is 5.82 Å². The molecule has 1 saturated heterocycles.